The Morgan fingerprint density at radius 2 is 2.00 bits per heavy atom. The fourth-order valence-electron chi connectivity index (χ4n) is 2.60. The number of aromatic nitrogens is 3. The van der Waals surface area contributed by atoms with Crippen molar-refractivity contribution in [3.05, 3.63) is 35.9 Å². The van der Waals surface area contributed by atoms with Gasteiger partial charge in [0.15, 0.2) is 5.82 Å². The van der Waals surface area contributed by atoms with Crippen LogP contribution in [-0.2, 0) is 19.5 Å². The second-order valence-corrected chi connectivity index (χ2v) is 5.69. The van der Waals surface area contributed by atoms with Gasteiger partial charge in [-0.25, -0.2) is 0 Å². The van der Waals surface area contributed by atoms with Crippen molar-refractivity contribution >= 4 is 5.69 Å². The summed E-state index contributed by atoms with van der Waals surface area (Å²) in [4.78, 5) is 0. The number of hydrogen-bond donors (Lipinski definition) is 1. The summed E-state index contributed by atoms with van der Waals surface area (Å²) < 4.78 is 7.88. The SMILES string of the molecule is CC(C)Oc1ccc(NCc2nnc3n2CCCC3)cc1. The van der Waals surface area contributed by atoms with Crippen LogP contribution >= 0.6 is 0 Å². The van der Waals surface area contributed by atoms with Gasteiger partial charge in [-0.1, -0.05) is 0 Å². The van der Waals surface area contributed by atoms with Crippen molar-refractivity contribution in [3.8, 4) is 5.75 Å². The van der Waals surface area contributed by atoms with E-state index in [1.807, 2.05) is 38.1 Å². The molecule has 0 unspecified atom stereocenters. The predicted octanol–water partition coefficient (Wildman–Crippen LogP) is 3.01. The van der Waals surface area contributed by atoms with Crippen LogP contribution in [0.5, 0.6) is 5.75 Å². The summed E-state index contributed by atoms with van der Waals surface area (Å²) in [6.45, 7) is 5.80. The molecule has 1 aliphatic heterocycles. The van der Waals surface area contributed by atoms with Gasteiger partial charge in [0.25, 0.3) is 0 Å². The van der Waals surface area contributed by atoms with Crippen molar-refractivity contribution in [3.63, 3.8) is 0 Å². The molecular weight excluding hydrogens is 264 g/mol. The first-order valence-corrected chi connectivity index (χ1v) is 7.64. The summed E-state index contributed by atoms with van der Waals surface area (Å²) in [5, 5.41) is 12.0. The largest absolute Gasteiger partial charge is 0.491 e. The van der Waals surface area contributed by atoms with E-state index in [0.717, 1.165) is 36.1 Å². The fraction of sp³-hybridized carbons (Fsp3) is 0.500. The molecule has 0 saturated heterocycles. The summed E-state index contributed by atoms with van der Waals surface area (Å²) in [6.07, 6.45) is 3.70. The molecule has 0 atom stereocenters. The molecule has 0 fully saturated rings. The first-order valence-electron chi connectivity index (χ1n) is 7.64. The number of nitrogens with one attached hydrogen (secondary N) is 1. The molecule has 3 rings (SSSR count). The maximum Gasteiger partial charge on any atom is 0.152 e. The quantitative estimate of drug-likeness (QED) is 0.918. The van der Waals surface area contributed by atoms with Crippen LogP contribution < -0.4 is 10.1 Å². The Morgan fingerprint density at radius 3 is 2.76 bits per heavy atom. The van der Waals surface area contributed by atoms with E-state index in [1.165, 1.54) is 12.8 Å². The molecule has 5 heteroatoms. The molecule has 0 spiro atoms. The summed E-state index contributed by atoms with van der Waals surface area (Å²) in [6, 6.07) is 8.04. The number of fused-ring (bicyclic) bond motifs is 1. The third-order valence-electron chi connectivity index (χ3n) is 3.61. The molecule has 1 N–H and O–H groups in total. The Balaban J connectivity index is 1.61. The summed E-state index contributed by atoms with van der Waals surface area (Å²) in [5.41, 5.74) is 1.07. The first-order chi connectivity index (χ1) is 10.2. The molecule has 2 heterocycles. The molecule has 0 bridgehead atoms. The van der Waals surface area contributed by atoms with Crippen LogP contribution in [0, 0.1) is 0 Å². The maximum absolute atomic E-state index is 5.64. The Labute approximate surface area is 125 Å². The molecule has 1 aromatic heterocycles. The minimum absolute atomic E-state index is 0.200. The summed E-state index contributed by atoms with van der Waals surface area (Å²) >= 11 is 0. The van der Waals surface area contributed by atoms with Crippen molar-refractivity contribution in [2.24, 2.45) is 0 Å². The van der Waals surface area contributed by atoms with E-state index in [9.17, 15) is 0 Å². The third kappa shape index (κ3) is 3.35. The average Bonchev–Trinajstić information content (AvgIpc) is 2.89. The number of anilines is 1. The van der Waals surface area contributed by atoms with Crippen molar-refractivity contribution in [2.75, 3.05) is 5.32 Å². The molecule has 0 saturated carbocycles. The molecule has 21 heavy (non-hydrogen) atoms. The molecular formula is C16H22N4O. The highest BCUT2D eigenvalue weighted by molar-refractivity contribution is 5.46. The third-order valence-corrected chi connectivity index (χ3v) is 3.61. The van der Waals surface area contributed by atoms with Crippen LogP contribution in [0.4, 0.5) is 5.69 Å². The van der Waals surface area contributed by atoms with Gasteiger partial charge >= 0.3 is 0 Å². The van der Waals surface area contributed by atoms with E-state index in [0.29, 0.717) is 6.54 Å². The van der Waals surface area contributed by atoms with Crippen LogP contribution in [0.3, 0.4) is 0 Å². The van der Waals surface area contributed by atoms with Gasteiger partial charge in [0.1, 0.15) is 11.6 Å². The summed E-state index contributed by atoms with van der Waals surface area (Å²) in [5.74, 6) is 3.04. The molecule has 5 nitrogen and oxygen atoms in total. The van der Waals surface area contributed by atoms with Crippen LogP contribution in [0.2, 0.25) is 0 Å². The Hall–Kier alpha value is -2.04. The minimum atomic E-state index is 0.200. The van der Waals surface area contributed by atoms with Gasteiger partial charge < -0.3 is 14.6 Å². The van der Waals surface area contributed by atoms with Crippen LogP contribution in [0.1, 0.15) is 38.3 Å². The van der Waals surface area contributed by atoms with Gasteiger partial charge in [0, 0.05) is 18.7 Å². The number of rotatable bonds is 5. The number of nitrogens with zero attached hydrogens (tertiary/aromatic N) is 3. The molecule has 0 aliphatic carbocycles. The van der Waals surface area contributed by atoms with Crippen molar-refractivity contribution in [2.45, 2.75) is 52.3 Å². The fourth-order valence-corrected chi connectivity index (χ4v) is 2.60. The predicted molar refractivity (Wildman–Crippen MR) is 82.5 cm³/mol. The van der Waals surface area contributed by atoms with E-state index in [2.05, 4.69) is 20.1 Å². The van der Waals surface area contributed by atoms with Gasteiger partial charge in [-0.2, -0.15) is 0 Å². The lowest BCUT2D eigenvalue weighted by Gasteiger charge is -2.15. The van der Waals surface area contributed by atoms with Gasteiger partial charge in [-0.05, 0) is 51.0 Å². The zero-order valence-corrected chi connectivity index (χ0v) is 12.7. The normalized spacial score (nSPS) is 14.0. The molecule has 0 radical (unpaired) electrons. The second-order valence-electron chi connectivity index (χ2n) is 5.69. The minimum Gasteiger partial charge on any atom is -0.491 e. The van der Waals surface area contributed by atoms with Crippen molar-refractivity contribution in [1.82, 2.24) is 14.8 Å². The lowest BCUT2D eigenvalue weighted by atomic mass is 10.2. The standard InChI is InChI=1S/C16H22N4O/c1-12(2)21-14-8-6-13(7-9-14)17-11-16-19-18-15-5-3-4-10-20(15)16/h6-9,12,17H,3-5,10-11H2,1-2H3. The number of aryl methyl sites for hydroxylation is 1. The highest BCUT2D eigenvalue weighted by Gasteiger charge is 2.15. The van der Waals surface area contributed by atoms with Crippen LogP contribution in [0.25, 0.3) is 0 Å². The molecule has 112 valence electrons. The van der Waals surface area contributed by atoms with Crippen molar-refractivity contribution in [1.29, 1.82) is 0 Å². The molecule has 1 aliphatic rings. The molecule has 2 aromatic rings. The van der Waals surface area contributed by atoms with Crippen molar-refractivity contribution < 1.29 is 4.74 Å². The van der Waals surface area contributed by atoms with E-state index in [-0.39, 0.29) is 6.10 Å². The first kappa shape index (κ1) is 13.9. The lowest BCUT2D eigenvalue weighted by molar-refractivity contribution is 0.242. The Morgan fingerprint density at radius 1 is 1.19 bits per heavy atom. The van der Waals surface area contributed by atoms with Gasteiger partial charge in [0.05, 0.1) is 12.6 Å². The lowest BCUT2D eigenvalue weighted by Crippen LogP contribution is -2.15. The average molecular weight is 286 g/mol. The zero-order chi connectivity index (χ0) is 14.7. The van der Waals surface area contributed by atoms with Gasteiger partial charge in [-0.15, -0.1) is 10.2 Å². The van der Waals surface area contributed by atoms with Crippen LogP contribution in [0.15, 0.2) is 24.3 Å². The second kappa shape index (κ2) is 6.16. The highest BCUT2D eigenvalue weighted by Crippen LogP contribution is 2.18. The number of benzene rings is 1. The maximum atomic E-state index is 5.64. The zero-order valence-electron chi connectivity index (χ0n) is 12.7. The Bertz CT molecular complexity index is 589. The monoisotopic (exact) mass is 286 g/mol. The van der Waals surface area contributed by atoms with E-state index < -0.39 is 0 Å². The topological polar surface area (TPSA) is 52.0 Å². The van der Waals surface area contributed by atoms with E-state index >= 15 is 0 Å². The number of hydrogen-bond acceptors (Lipinski definition) is 4. The number of ether oxygens (including phenoxy) is 1. The smallest absolute Gasteiger partial charge is 0.152 e. The van der Waals surface area contributed by atoms with Gasteiger partial charge in [-0.3, -0.25) is 0 Å². The van der Waals surface area contributed by atoms with Gasteiger partial charge in [0.2, 0.25) is 0 Å². The van der Waals surface area contributed by atoms with Crippen LogP contribution in [-0.4, -0.2) is 20.9 Å². The highest BCUT2D eigenvalue weighted by atomic mass is 16.5. The molecule has 1 aromatic carbocycles. The summed E-state index contributed by atoms with van der Waals surface area (Å²) in [7, 11) is 0. The molecule has 0 amide bonds. The van der Waals surface area contributed by atoms with E-state index in [4.69, 9.17) is 4.74 Å². The van der Waals surface area contributed by atoms with E-state index in [1.54, 1.807) is 0 Å². The Kier molecular flexibility index (Phi) is 4.08.